The van der Waals surface area contributed by atoms with E-state index in [4.69, 9.17) is 4.74 Å². The van der Waals surface area contributed by atoms with Crippen molar-refractivity contribution in [2.45, 2.75) is 45.1 Å². The second-order valence-corrected chi connectivity index (χ2v) is 7.09. The van der Waals surface area contributed by atoms with E-state index in [1.807, 2.05) is 24.3 Å². The number of H-pyrrole nitrogens is 1. The standard InChI is InChI=1S/C20H25N3O4/c1-13-6-2-4-8-16(13)22-20(26)23-18(24)12-27-19(25)10-14-11-21-17-9-5-3-7-15(14)17/h3,5,7,9,11,13,16,21H,2,4,6,8,10,12H2,1H3,(H2,22,23,24,26)/t13-,16+/m0/s1. The van der Waals surface area contributed by atoms with Crippen LogP contribution in [0.4, 0.5) is 4.79 Å². The maximum Gasteiger partial charge on any atom is 0.321 e. The summed E-state index contributed by atoms with van der Waals surface area (Å²) < 4.78 is 4.99. The minimum Gasteiger partial charge on any atom is -0.455 e. The molecule has 0 saturated heterocycles. The molecule has 0 radical (unpaired) electrons. The first-order chi connectivity index (χ1) is 13.0. The Labute approximate surface area is 157 Å². The summed E-state index contributed by atoms with van der Waals surface area (Å²) in [6, 6.07) is 7.18. The number of aromatic nitrogens is 1. The molecule has 2 aromatic rings. The molecule has 3 N–H and O–H groups in total. The van der Waals surface area contributed by atoms with Crippen molar-refractivity contribution < 1.29 is 19.1 Å². The van der Waals surface area contributed by atoms with Crippen LogP contribution in [0.15, 0.2) is 30.5 Å². The Morgan fingerprint density at radius 2 is 1.96 bits per heavy atom. The summed E-state index contributed by atoms with van der Waals surface area (Å²) in [4.78, 5) is 38.8. The van der Waals surface area contributed by atoms with Gasteiger partial charge in [-0.1, -0.05) is 38.0 Å². The quantitative estimate of drug-likeness (QED) is 0.704. The topological polar surface area (TPSA) is 100 Å². The zero-order valence-corrected chi connectivity index (χ0v) is 15.4. The number of hydrogen-bond donors (Lipinski definition) is 3. The van der Waals surface area contributed by atoms with E-state index in [0.717, 1.165) is 35.7 Å². The van der Waals surface area contributed by atoms with Crippen LogP contribution in [0.5, 0.6) is 0 Å². The van der Waals surface area contributed by atoms with E-state index in [9.17, 15) is 14.4 Å². The minimum absolute atomic E-state index is 0.0586. The Bertz CT molecular complexity index is 829. The Balaban J connectivity index is 1.42. The molecule has 0 spiro atoms. The third kappa shape index (κ3) is 5.09. The fourth-order valence-electron chi connectivity index (χ4n) is 3.53. The predicted molar refractivity (Wildman–Crippen MR) is 101 cm³/mol. The molecule has 1 aromatic heterocycles. The highest BCUT2D eigenvalue weighted by atomic mass is 16.5. The lowest BCUT2D eigenvalue weighted by atomic mass is 9.86. The number of benzene rings is 1. The largest absolute Gasteiger partial charge is 0.455 e. The average molecular weight is 371 g/mol. The van der Waals surface area contributed by atoms with Gasteiger partial charge in [0.15, 0.2) is 6.61 Å². The first-order valence-electron chi connectivity index (χ1n) is 9.34. The van der Waals surface area contributed by atoms with Crippen molar-refractivity contribution >= 4 is 28.8 Å². The van der Waals surface area contributed by atoms with Gasteiger partial charge in [-0.05, 0) is 30.4 Å². The highest BCUT2D eigenvalue weighted by Crippen LogP contribution is 2.23. The maximum absolute atomic E-state index is 12.0. The molecular formula is C20H25N3O4. The van der Waals surface area contributed by atoms with E-state index in [0.29, 0.717) is 5.92 Å². The Morgan fingerprint density at radius 3 is 2.78 bits per heavy atom. The van der Waals surface area contributed by atoms with Crippen LogP contribution in [0, 0.1) is 5.92 Å². The predicted octanol–water partition coefficient (Wildman–Crippen LogP) is 2.66. The highest BCUT2D eigenvalue weighted by molar-refractivity contribution is 5.96. The average Bonchev–Trinajstić information content (AvgIpc) is 3.05. The van der Waals surface area contributed by atoms with Crippen LogP contribution in [-0.4, -0.2) is 35.5 Å². The lowest BCUT2D eigenvalue weighted by Crippen LogP contribution is -2.48. The summed E-state index contributed by atoms with van der Waals surface area (Å²) in [5.74, 6) is -0.756. The SMILES string of the molecule is C[C@H]1CCCC[C@H]1NC(=O)NC(=O)COC(=O)Cc1c[nH]c2ccccc12. The summed E-state index contributed by atoms with van der Waals surface area (Å²) in [5, 5.41) is 5.99. The van der Waals surface area contributed by atoms with Gasteiger partial charge in [0.05, 0.1) is 6.42 Å². The normalized spacial score (nSPS) is 19.4. The van der Waals surface area contributed by atoms with Gasteiger partial charge in [-0.15, -0.1) is 0 Å². The van der Waals surface area contributed by atoms with Crippen LogP contribution in [0.25, 0.3) is 10.9 Å². The molecule has 1 saturated carbocycles. The van der Waals surface area contributed by atoms with E-state index < -0.39 is 24.5 Å². The van der Waals surface area contributed by atoms with Gasteiger partial charge in [0.25, 0.3) is 5.91 Å². The number of para-hydroxylation sites is 1. The van der Waals surface area contributed by atoms with Crippen molar-refractivity contribution in [2.24, 2.45) is 5.92 Å². The van der Waals surface area contributed by atoms with Gasteiger partial charge in [0.1, 0.15) is 0 Å². The van der Waals surface area contributed by atoms with Crippen LogP contribution < -0.4 is 10.6 Å². The first-order valence-corrected chi connectivity index (χ1v) is 9.34. The molecule has 0 aliphatic heterocycles. The molecule has 144 valence electrons. The Kier molecular flexibility index (Phi) is 6.11. The summed E-state index contributed by atoms with van der Waals surface area (Å²) >= 11 is 0. The maximum atomic E-state index is 12.0. The molecular weight excluding hydrogens is 346 g/mol. The van der Waals surface area contributed by atoms with Gasteiger partial charge < -0.3 is 15.0 Å². The van der Waals surface area contributed by atoms with E-state index >= 15 is 0 Å². The van der Waals surface area contributed by atoms with Crippen molar-refractivity contribution in [1.29, 1.82) is 0 Å². The summed E-state index contributed by atoms with van der Waals surface area (Å²) in [6.07, 6.45) is 6.06. The lowest BCUT2D eigenvalue weighted by molar-refractivity contribution is -0.147. The van der Waals surface area contributed by atoms with E-state index in [1.165, 1.54) is 6.42 Å². The number of aromatic amines is 1. The number of nitrogens with one attached hydrogen (secondary N) is 3. The number of amides is 3. The fourth-order valence-corrected chi connectivity index (χ4v) is 3.53. The van der Waals surface area contributed by atoms with Gasteiger partial charge in [0.2, 0.25) is 0 Å². The highest BCUT2D eigenvalue weighted by Gasteiger charge is 2.23. The third-order valence-corrected chi connectivity index (χ3v) is 5.05. The molecule has 1 fully saturated rings. The molecule has 3 rings (SSSR count). The first kappa shape index (κ1) is 18.9. The van der Waals surface area contributed by atoms with Crippen LogP contribution in [0.2, 0.25) is 0 Å². The van der Waals surface area contributed by atoms with E-state index in [1.54, 1.807) is 6.20 Å². The Hall–Kier alpha value is -2.83. The Morgan fingerprint density at radius 1 is 1.19 bits per heavy atom. The summed E-state index contributed by atoms with van der Waals surface area (Å²) in [7, 11) is 0. The second kappa shape index (κ2) is 8.70. The van der Waals surface area contributed by atoms with Crippen molar-refractivity contribution in [3.8, 4) is 0 Å². The summed E-state index contributed by atoms with van der Waals surface area (Å²) in [5.41, 5.74) is 1.74. The number of rotatable bonds is 5. The summed E-state index contributed by atoms with van der Waals surface area (Å²) in [6.45, 7) is 1.62. The van der Waals surface area contributed by atoms with E-state index in [2.05, 4.69) is 22.5 Å². The zero-order chi connectivity index (χ0) is 19.2. The smallest absolute Gasteiger partial charge is 0.321 e. The van der Waals surface area contributed by atoms with Crippen molar-refractivity contribution in [1.82, 2.24) is 15.6 Å². The fraction of sp³-hybridized carbons (Fsp3) is 0.450. The van der Waals surface area contributed by atoms with Crippen molar-refractivity contribution in [2.75, 3.05) is 6.61 Å². The number of carbonyl (C=O) groups excluding carboxylic acids is 3. The van der Waals surface area contributed by atoms with Crippen molar-refractivity contribution in [3.63, 3.8) is 0 Å². The number of ether oxygens (including phenoxy) is 1. The number of fused-ring (bicyclic) bond motifs is 1. The third-order valence-electron chi connectivity index (χ3n) is 5.05. The van der Waals surface area contributed by atoms with Crippen LogP contribution in [0.3, 0.4) is 0 Å². The second-order valence-electron chi connectivity index (χ2n) is 7.09. The van der Waals surface area contributed by atoms with Gasteiger partial charge in [-0.3, -0.25) is 14.9 Å². The number of esters is 1. The molecule has 27 heavy (non-hydrogen) atoms. The minimum atomic E-state index is -0.636. The molecule has 1 heterocycles. The van der Waals surface area contributed by atoms with E-state index in [-0.39, 0.29) is 12.5 Å². The number of imide groups is 1. The molecule has 1 aliphatic carbocycles. The zero-order valence-electron chi connectivity index (χ0n) is 15.4. The van der Waals surface area contributed by atoms with Crippen LogP contribution >= 0.6 is 0 Å². The van der Waals surface area contributed by atoms with Crippen LogP contribution in [-0.2, 0) is 20.7 Å². The number of urea groups is 1. The molecule has 2 atom stereocenters. The number of hydrogen-bond acceptors (Lipinski definition) is 4. The van der Waals surface area contributed by atoms with Gasteiger partial charge in [-0.2, -0.15) is 0 Å². The molecule has 7 heteroatoms. The molecule has 7 nitrogen and oxygen atoms in total. The van der Waals surface area contributed by atoms with Gasteiger partial charge in [-0.25, -0.2) is 4.79 Å². The molecule has 0 unspecified atom stereocenters. The van der Waals surface area contributed by atoms with Crippen LogP contribution in [0.1, 0.15) is 38.2 Å². The lowest BCUT2D eigenvalue weighted by Gasteiger charge is -2.29. The number of carbonyl (C=O) groups is 3. The van der Waals surface area contributed by atoms with Gasteiger partial charge in [0, 0.05) is 23.1 Å². The van der Waals surface area contributed by atoms with Gasteiger partial charge >= 0.3 is 12.0 Å². The molecule has 1 aromatic carbocycles. The molecule has 0 bridgehead atoms. The monoisotopic (exact) mass is 371 g/mol. The molecule has 3 amide bonds. The molecule has 1 aliphatic rings. The van der Waals surface area contributed by atoms with Crippen molar-refractivity contribution in [3.05, 3.63) is 36.0 Å².